The number of hydrogen-bond acceptors (Lipinski definition) is 3. The maximum Gasteiger partial charge on any atom is 2.00 e. The fourth-order valence-corrected chi connectivity index (χ4v) is 1.66. The van der Waals surface area contributed by atoms with Crippen LogP contribution >= 0.6 is 0 Å². The van der Waals surface area contributed by atoms with Crippen LogP contribution in [0.15, 0.2) is 29.2 Å². The second kappa shape index (κ2) is 11.4. The second-order valence-corrected chi connectivity index (χ2v) is 6.50. The van der Waals surface area contributed by atoms with Crippen LogP contribution < -0.4 is 12.4 Å². The standard InChI is InChI=1S/C9H10O4S.C4H9.ClH.Mg/c1-14(12,13)8-4-2-7(3-5-8)6-9(10)11;1-4(2)3;;/h2-5H,6H2,1H3,(H,10,11);1-3H3;1H;/q;-1;;+2/p-1. The molecule has 0 unspecified atom stereocenters. The Morgan fingerprint density at radius 2 is 1.50 bits per heavy atom. The van der Waals surface area contributed by atoms with E-state index in [4.69, 9.17) is 5.11 Å². The molecule has 20 heavy (non-hydrogen) atoms. The van der Waals surface area contributed by atoms with Gasteiger partial charge in [0.15, 0.2) is 9.84 Å². The van der Waals surface area contributed by atoms with Crippen molar-refractivity contribution in [2.75, 3.05) is 6.26 Å². The summed E-state index contributed by atoms with van der Waals surface area (Å²) in [6.45, 7) is 6.25. The van der Waals surface area contributed by atoms with Crippen LogP contribution in [0.4, 0.5) is 0 Å². The van der Waals surface area contributed by atoms with Crippen LogP contribution in [0.5, 0.6) is 0 Å². The summed E-state index contributed by atoms with van der Waals surface area (Å²) in [5.74, 6) is 0.483. The fourth-order valence-electron chi connectivity index (χ4n) is 1.03. The van der Waals surface area contributed by atoms with E-state index in [0.29, 0.717) is 5.56 Å². The van der Waals surface area contributed by atoms with Gasteiger partial charge in [0.2, 0.25) is 0 Å². The molecule has 0 atom stereocenters. The number of carboxylic acids is 1. The summed E-state index contributed by atoms with van der Waals surface area (Å²) < 4.78 is 22.1. The molecule has 0 aromatic heterocycles. The Labute approximate surface area is 143 Å². The van der Waals surface area contributed by atoms with Gasteiger partial charge in [0.25, 0.3) is 0 Å². The smallest absolute Gasteiger partial charge is 1.00 e. The zero-order valence-corrected chi connectivity index (χ0v) is 15.2. The molecule has 0 aliphatic rings. The largest absolute Gasteiger partial charge is 2.00 e. The molecule has 1 aromatic carbocycles. The topological polar surface area (TPSA) is 71.4 Å². The average Bonchev–Trinajstić information content (AvgIpc) is 2.14. The van der Waals surface area contributed by atoms with Crippen molar-refractivity contribution in [3.63, 3.8) is 0 Å². The summed E-state index contributed by atoms with van der Waals surface area (Å²) >= 11 is 0. The van der Waals surface area contributed by atoms with Crippen molar-refractivity contribution in [2.24, 2.45) is 0 Å². The summed E-state index contributed by atoms with van der Waals surface area (Å²) in [5.41, 5.74) is 0.588. The number of benzene rings is 1. The third-order valence-corrected chi connectivity index (χ3v) is 2.84. The molecule has 0 aliphatic heterocycles. The Hall–Kier alpha value is -0.304. The van der Waals surface area contributed by atoms with Crippen molar-refractivity contribution >= 4 is 38.9 Å². The van der Waals surface area contributed by atoms with E-state index in [1.165, 1.54) is 30.2 Å². The van der Waals surface area contributed by atoms with Gasteiger partial charge in [-0.05, 0) is 17.7 Å². The average molecular weight is 331 g/mol. The van der Waals surface area contributed by atoms with Crippen molar-refractivity contribution in [3.05, 3.63) is 35.7 Å². The molecule has 1 N–H and O–H groups in total. The summed E-state index contributed by atoms with van der Waals surface area (Å²) in [4.78, 5) is 10.5. The molecule has 0 heterocycles. The first-order chi connectivity index (χ1) is 8.12. The third kappa shape index (κ3) is 12.7. The molecule has 0 spiro atoms. The zero-order valence-electron chi connectivity index (χ0n) is 12.2. The molecule has 0 amide bonds. The van der Waals surface area contributed by atoms with Crippen molar-refractivity contribution in [3.8, 4) is 0 Å². The van der Waals surface area contributed by atoms with E-state index in [0.717, 1.165) is 6.26 Å². The Bertz CT molecular complexity index is 481. The minimum Gasteiger partial charge on any atom is -1.00 e. The van der Waals surface area contributed by atoms with Crippen LogP contribution in [0.3, 0.4) is 0 Å². The monoisotopic (exact) mass is 330 g/mol. The molecule has 7 heteroatoms. The van der Waals surface area contributed by atoms with Crippen LogP contribution in [0.25, 0.3) is 0 Å². The number of rotatable bonds is 3. The molecule has 0 saturated heterocycles. The summed E-state index contributed by atoms with van der Waals surface area (Å²) in [7, 11) is -3.20. The first kappa shape index (κ1) is 24.7. The Kier molecular flexibility index (Phi) is 14.0. The van der Waals surface area contributed by atoms with E-state index in [1.807, 2.05) is 0 Å². The van der Waals surface area contributed by atoms with Crippen LogP contribution in [-0.2, 0) is 21.1 Å². The van der Waals surface area contributed by atoms with Gasteiger partial charge >= 0.3 is 29.0 Å². The first-order valence-electron chi connectivity index (χ1n) is 5.40. The summed E-state index contributed by atoms with van der Waals surface area (Å²) in [6, 6.07) is 5.83. The molecular formula is C13H19ClMgO4S. The van der Waals surface area contributed by atoms with Crippen molar-refractivity contribution in [1.29, 1.82) is 0 Å². The molecule has 110 valence electrons. The Balaban J connectivity index is -0.000000429. The number of halogens is 1. The van der Waals surface area contributed by atoms with E-state index in [1.54, 1.807) is 0 Å². The van der Waals surface area contributed by atoms with Gasteiger partial charge in [-0.25, -0.2) is 8.42 Å². The van der Waals surface area contributed by atoms with Gasteiger partial charge in [-0.3, -0.25) is 4.79 Å². The maximum atomic E-state index is 11.1. The van der Waals surface area contributed by atoms with Crippen LogP contribution in [0.1, 0.15) is 26.3 Å². The number of sulfone groups is 1. The molecular weight excluding hydrogens is 312 g/mol. The van der Waals surface area contributed by atoms with Crippen LogP contribution in [0, 0.1) is 5.92 Å². The summed E-state index contributed by atoms with van der Waals surface area (Å²) in [6.07, 6.45) is 1.02. The summed E-state index contributed by atoms with van der Waals surface area (Å²) in [5, 5.41) is 8.48. The van der Waals surface area contributed by atoms with Crippen LogP contribution in [-0.4, -0.2) is 48.8 Å². The van der Waals surface area contributed by atoms with Gasteiger partial charge in [0, 0.05) is 6.26 Å². The maximum absolute atomic E-state index is 11.1. The first-order valence-corrected chi connectivity index (χ1v) is 7.29. The van der Waals surface area contributed by atoms with Crippen molar-refractivity contribution < 1.29 is 30.7 Å². The van der Waals surface area contributed by atoms with Gasteiger partial charge < -0.3 is 23.4 Å². The Morgan fingerprint density at radius 1 is 1.15 bits per heavy atom. The van der Waals surface area contributed by atoms with Gasteiger partial charge in [-0.1, -0.05) is 12.1 Å². The fraction of sp³-hybridized carbons (Fsp3) is 0.385. The van der Waals surface area contributed by atoms with Gasteiger partial charge in [0.1, 0.15) is 0 Å². The van der Waals surface area contributed by atoms with E-state index in [2.05, 4.69) is 20.8 Å². The second-order valence-electron chi connectivity index (χ2n) is 4.49. The molecule has 1 aromatic rings. The van der Waals surface area contributed by atoms with Gasteiger partial charge in [-0.15, -0.1) is 0 Å². The SMILES string of the molecule is CS(=O)(=O)c1ccc(CC(=O)O)cc1.C[C-](C)C.[Cl-].[Mg+2]. The van der Waals surface area contributed by atoms with E-state index < -0.39 is 15.8 Å². The zero-order chi connectivity index (χ0) is 14.3. The quantitative estimate of drug-likeness (QED) is 0.567. The molecule has 4 nitrogen and oxygen atoms in total. The van der Waals surface area contributed by atoms with Gasteiger partial charge in [-0.2, -0.15) is 20.8 Å². The van der Waals surface area contributed by atoms with E-state index in [-0.39, 0.29) is 46.8 Å². The minimum atomic E-state index is -3.20. The number of aliphatic carboxylic acids is 1. The Morgan fingerprint density at radius 3 is 1.75 bits per heavy atom. The number of hydrogen-bond donors (Lipinski definition) is 1. The molecule has 0 fully saturated rings. The predicted molar refractivity (Wildman–Crippen MR) is 76.9 cm³/mol. The molecule has 0 aliphatic carbocycles. The molecule has 0 saturated carbocycles. The number of carboxylic acid groups (broad SMARTS) is 1. The van der Waals surface area contributed by atoms with Crippen molar-refractivity contribution in [2.45, 2.75) is 32.1 Å². The predicted octanol–water partition coefficient (Wildman–Crippen LogP) is -1.04. The van der Waals surface area contributed by atoms with E-state index >= 15 is 0 Å². The van der Waals surface area contributed by atoms with E-state index in [9.17, 15) is 13.2 Å². The minimum absolute atomic E-state index is 0. The molecule has 1 rings (SSSR count). The van der Waals surface area contributed by atoms with Crippen molar-refractivity contribution in [1.82, 2.24) is 0 Å². The normalized spacial score (nSPS) is 9.65. The molecule has 0 bridgehead atoms. The molecule has 0 radical (unpaired) electrons. The van der Waals surface area contributed by atoms with Gasteiger partial charge in [0.05, 0.1) is 11.3 Å². The van der Waals surface area contributed by atoms with Crippen LogP contribution in [0.2, 0.25) is 0 Å². The third-order valence-electron chi connectivity index (χ3n) is 1.71. The number of carbonyl (C=O) groups is 1.